The normalized spacial score (nSPS) is 10.6. The van der Waals surface area contributed by atoms with Crippen LogP contribution in [0.3, 0.4) is 0 Å². The van der Waals surface area contributed by atoms with Crippen LogP contribution in [-0.4, -0.2) is 44.4 Å². The van der Waals surface area contributed by atoms with Crippen LogP contribution in [0.1, 0.15) is 0 Å². The van der Waals surface area contributed by atoms with Crippen LogP contribution in [0.25, 0.3) is 17.3 Å². The van der Waals surface area contributed by atoms with Crippen molar-refractivity contribution < 1.29 is 9.21 Å². The molecule has 1 amide bonds. The van der Waals surface area contributed by atoms with Gasteiger partial charge in [-0.05, 0) is 30.3 Å². The quantitative estimate of drug-likeness (QED) is 0.381. The maximum atomic E-state index is 12.5. The smallest absolute Gasteiger partial charge is 0.233 e. The topological polar surface area (TPSA) is 64.2 Å². The standard InChI is InChI=1S/C20H19ClN4O2S/c1-3-10-24(11-4-2)18(26)14-28-20-23-22-19(17-9-6-12-27-17)25(20)16-8-5-7-15(21)13-16/h3-9,12-13H,1-2,10-11,14H2. The van der Waals surface area contributed by atoms with Crippen molar-refractivity contribution in [2.45, 2.75) is 5.16 Å². The monoisotopic (exact) mass is 414 g/mol. The van der Waals surface area contributed by atoms with E-state index in [0.717, 1.165) is 5.69 Å². The van der Waals surface area contributed by atoms with Crippen molar-refractivity contribution in [2.24, 2.45) is 0 Å². The van der Waals surface area contributed by atoms with E-state index in [1.807, 2.05) is 22.8 Å². The van der Waals surface area contributed by atoms with Crippen molar-refractivity contribution >= 4 is 29.3 Å². The summed E-state index contributed by atoms with van der Waals surface area (Å²) < 4.78 is 7.32. The lowest BCUT2D eigenvalue weighted by atomic mass is 10.3. The molecule has 0 bridgehead atoms. The fourth-order valence-corrected chi connectivity index (χ4v) is 3.62. The highest BCUT2D eigenvalue weighted by atomic mass is 35.5. The van der Waals surface area contributed by atoms with Gasteiger partial charge in [-0.25, -0.2) is 0 Å². The van der Waals surface area contributed by atoms with Crippen LogP contribution >= 0.6 is 23.4 Å². The molecule has 1 aromatic carbocycles. The maximum absolute atomic E-state index is 12.5. The van der Waals surface area contributed by atoms with Gasteiger partial charge in [0, 0.05) is 18.1 Å². The lowest BCUT2D eigenvalue weighted by Crippen LogP contribution is -2.32. The van der Waals surface area contributed by atoms with Gasteiger partial charge in [-0.2, -0.15) is 0 Å². The Balaban J connectivity index is 1.90. The van der Waals surface area contributed by atoms with Gasteiger partial charge in [0.2, 0.25) is 11.7 Å². The van der Waals surface area contributed by atoms with Crippen LogP contribution in [0.2, 0.25) is 5.02 Å². The van der Waals surface area contributed by atoms with Crippen LogP contribution in [0, 0.1) is 0 Å². The number of hydrogen-bond donors (Lipinski definition) is 0. The number of hydrogen-bond acceptors (Lipinski definition) is 5. The van der Waals surface area contributed by atoms with Gasteiger partial charge in [-0.1, -0.05) is 41.6 Å². The molecule has 6 nitrogen and oxygen atoms in total. The predicted octanol–water partition coefficient (Wildman–Crippen LogP) is 4.47. The minimum atomic E-state index is -0.0370. The van der Waals surface area contributed by atoms with Crippen LogP contribution < -0.4 is 0 Å². The summed E-state index contributed by atoms with van der Waals surface area (Å²) in [6.07, 6.45) is 4.95. The molecule has 144 valence electrons. The number of carbonyl (C=O) groups excluding carboxylic acids is 1. The van der Waals surface area contributed by atoms with E-state index < -0.39 is 0 Å². The van der Waals surface area contributed by atoms with Crippen molar-refractivity contribution in [3.8, 4) is 17.3 Å². The van der Waals surface area contributed by atoms with Gasteiger partial charge in [-0.15, -0.1) is 23.4 Å². The number of nitrogens with zero attached hydrogens (tertiary/aromatic N) is 4. The summed E-state index contributed by atoms with van der Waals surface area (Å²) in [6, 6.07) is 10.9. The molecule has 0 atom stereocenters. The van der Waals surface area contributed by atoms with Gasteiger partial charge in [-0.3, -0.25) is 9.36 Å². The average molecular weight is 415 g/mol. The Morgan fingerprint density at radius 1 is 1.21 bits per heavy atom. The molecule has 0 N–H and O–H groups in total. The van der Waals surface area contributed by atoms with Crippen LogP contribution in [0.4, 0.5) is 0 Å². The van der Waals surface area contributed by atoms with Crippen LogP contribution in [0.15, 0.2) is 77.5 Å². The molecule has 0 spiro atoms. The number of furan rings is 1. The van der Waals surface area contributed by atoms with Gasteiger partial charge in [0.15, 0.2) is 10.9 Å². The molecule has 0 aliphatic carbocycles. The molecular formula is C20H19ClN4O2S. The second-order valence-corrected chi connectivity index (χ2v) is 7.14. The third-order valence-electron chi connectivity index (χ3n) is 3.82. The molecule has 0 radical (unpaired) electrons. The average Bonchev–Trinajstić information content (AvgIpc) is 3.35. The first kappa shape index (κ1) is 20.0. The number of carbonyl (C=O) groups is 1. The summed E-state index contributed by atoms with van der Waals surface area (Å²) in [7, 11) is 0. The highest BCUT2D eigenvalue weighted by Gasteiger charge is 2.20. The summed E-state index contributed by atoms with van der Waals surface area (Å²) in [5.74, 6) is 1.28. The molecule has 0 aliphatic heterocycles. The van der Waals surface area contributed by atoms with E-state index in [2.05, 4.69) is 23.4 Å². The van der Waals surface area contributed by atoms with E-state index in [9.17, 15) is 4.79 Å². The zero-order valence-corrected chi connectivity index (χ0v) is 16.7. The third-order valence-corrected chi connectivity index (χ3v) is 4.97. The number of benzene rings is 1. The molecule has 8 heteroatoms. The number of thioether (sulfide) groups is 1. The zero-order chi connectivity index (χ0) is 19.9. The van der Waals surface area contributed by atoms with Gasteiger partial charge < -0.3 is 9.32 Å². The third kappa shape index (κ3) is 4.55. The van der Waals surface area contributed by atoms with E-state index in [0.29, 0.717) is 34.9 Å². The molecule has 0 saturated heterocycles. The maximum Gasteiger partial charge on any atom is 0.233 e. The Morgan fingerprint density at radius 2 is 2.00 bits per heavy atom. The molecule has 2 aromatic heterocycles. The Kier molecular flexibility index (Phi) is 6.73. The van der Waals surface area contributed by atoms with E-state index in [-0.39, 0.29) is 11.7 Å². The summed E-state index contributed by atoms with van der Waals surface area (Å²) >= 11 is 7.46. The van der Waals surface area contributed by atoms with E-state index >= 15 is 0 Å². The molecule has 28 heavy (non-hydrogen) atoms. The SMILES string of the molecule is C=CCN(CC=C)C(=O)CSc1nnc(-c2ccco2)n1-c1cccc(Cl)c1. The van der Waals surface area contributed by atoms with E-state index in [1.54, 1.807) is 41.5 Å². The first-order valence-electron chi connectivity index (χ1n) is 8.51. The highest BCUT2D eigenvalue weighted by Crippen LogP contribution is 2.29. The minimum Gasteiger partial charge on any atom is -0.461 e. The van der Waals surface area contributed by atoms with Gasteiger partial charge in [0.25, 0.3) is 0 Å². The molecule has 0 fully saturated rings. The van der Waals surface area contributed by atoms with Crippen molar-refractivity contribution in [3.05, 3.63) is 73.0 Å². The van der Waals surface area contributed by atoms with Gasteiger partial charge >= 0.3 is 0 Å². The Labute approximate surface area is 172 Å². The van der Waals surface area contributed by atoms with Gasteiger partial charge in [0.05, 0.1) is 17.7 Å². The van der Waals surface area contributed by atoms with Crippen molar-refractivity contribution in [1.82, 2.24) is 19.7 Å². The molecule has 3 rings (SSSR count). The fourth-order valence-electron chi connectivity index (χ4n) is 2.58. The minimum absolute atomic E-state index is 0.0370. The summed E-state index contributed by atoms with van der Waals surface area (Å²) in [6.45, 7) is 8.31. The lowest BCUT2D eigenvalue weighted by Gasteiger charge is -2.18. The lowest BCUT2D eigenvalue weighted by molar-refractivity contribution is -0.127. The molecule has 3 aromatic rings. The molecular weight excluding hydrogens is 396 g/mol. The van der Waals surface area contributed by atoms with Crippen molar-refractivity contribution in [1.29, 1.82) is 0 Å². The Bertz CT molecular complexity index is 959. The summed E-state index contributed by atoms with van der Waals surface area (Å²) in [4.78, 5) is 14.2. The Morgan fingerprint density at radius 3 is 2.64 bits per heavy atom. The van der Waals surface area contributed by atoms with E-state index in [4.69, 9.17) is 16.0 Å². The number of amides is 1. The molecule has 0 saturated carbocycles. The predicted molar refractivity (Wildman–Crippen MR) is 112 cm³/mol. The number of rotatable bonds is 9. The molecule has 2 heterocycles. The first-order chi connectivity index (χ1) is 13.6. The molecule has 0 aliphatic rings. The van der Waals surface area contributed by atoms with Crippen molar-refractivity contribution in [3.63, 3.8) is 0 Å². The second kappa shape index (κ2) is 9.43. The van der Waals surface area contributed by atoms with Crippen LogP contribution in [0.5, 0.6) is 0 Å². The Hall–Kier alpha value is -2.77. The summed E-state index contributed by atoms with van der Waals surface area (Å²) in [5, 5.41) is 9.68. The number of aromatic nitrogens is 3. The first-order valence-corrected chi connectivity index (χ1v) is 9.88. The summed E-state index contributed by atoms with van der Waals surface area (Å²) in [5.41, 5.74) is 0.785. The zero-order valence-electron chi connectivity index (χ0n) is 15.1. The largest absolute Gasteiger partial charge is 0.461 e. The number of halogens is 1. The molecule has 0 unspecified atom stereocenters. The second-order valence-electron chi connectivity index (χ2n) is 5.76. The van der Waals surface area contributed by atoms with E-state index in [1.165, 1.54) is 11.8 Å². The van der Waals surface area contributed by atoms with Crippen LogP contribution in [-0.2, 0) is 4.79 Å². The van der Waals surface area contributed by atoms with Gasteiger partial charge in [0.1, 0.15) is 0 Å². The van der Waals surface area contributed by atoms with Crippen molar-refractivity contribution in [2.75, 3.05) is 18.8 Å². The fraction of sp³-hybridized carbons (Fsp3) is 0.150. The highest BCUT2D eigenvalue weighted by molar-refractivity contribution is 7.99.